The summed E-state index contributed by atoms with van der Waals surface area (Å²) in [5.41, 5.74) is 0.999. The number of nitrogens with one attached hydrogen (secondary N) is 1. The van der Waals surface area contributed by atoms with Crippen molar-refractivity contribution in [2.75, 3.05) is 20.3 Å². The van der Waals surface area contributed by atoms with Crippen LogP contribution in [0.15, 0.2) is 12.1 Å². The molecule has 0 unspecified atom stereocenters. The Morgan fingerprint density at radius 1 is 1.09 bits per heavy atom. The lowest BCUT2D eigenvalue weighted by Crippen LogP contribution is -2.17. The van der Waals surface area contributed by atoms with Gasteiger partial charge in [-0.2, -0.15) is 0 Å². The minimum atomic E-state index is 0.0786. The van der Waals surface area contributed by atoms with Crippen LogP contribution < -0.4 is 14.8 Å². The molecule has 0 amide bonds. The first kappa shape index (κ1) is 19.1. The standard InChI is InChI=1S/C17H28ClNO3/c1-12(2)21-8-6-7-19-11-14-9-16(20-5)17(10-15(14)18)22-13(3)4/h9-10,12-13,19H,6-8,11H2,1-5H3. The molecule has 0 saturated heterocycles. The quantitative estimate of drug-likeness (QED) is 0.658. The summed E-state index contributed by atoms with van der Waals surface area (Å²) in [5, 5.41) is 4.05. The predicted octanol–water partition coefficient (Wildman–Crippen LogP) is 4.04. The minimum Gasteiger partial charge on any atom is -0.493 e. The number of ether oxygens (including phenoxy) is 3. The van der Waals surface area contributed by atoms with Crippen molar-refractivity contribution in [1.82, 2.24) is 5.32 Å². The maximum Gasteiger partial charge on any atom is 0.163 e. The van der Waals surface area contributed by atoms with Crippen molar-refractivity contribution < 1.29 is 14.2 Å². The first-order valence-electron chi connectivity index (χ1n) is 7.79. The Morgan fingerprint density at radius 2 is 1.82 bits per heavy atom. The van der Waals surface area contributed by atoms with Crippen LogP contribution in [0.25, 0.3) is 0 Å². The van der Waals surface area contributed by atoms with E-state index in [2.05, 4.69) is 5.32 Å². The van der Waals surface area contributed by atoms with E-state index in [4.69, 9.17) is 25.8 Å². The van der Waals surface area contributed by atoms with Gasteiger partial charge in [0.1, 0.15) is 0 Å². The molecular formula is C17H28ClNO3. The van der Waals surface area contributed by atoms with Gasteiger partial charge in [0, 0.05) is 24.2 Å². The highest BCUT2D eigenvalue weighted by Gasteiger charge is 2.11. The largest absolute Gasteiger partial charge is 0.493 e. The van der Waals surface area contributed by atoms with Gasteiger partial charge in [0.15, 0.2) is 11.5 Å². The fourth-order valence-corrected chi connectivity index (χ4v) is 2.18. The van der Waals surface area contributed by atoms with Gasteiger partial charge >= 0.3 is 0 Å². The third kappa shape index (κ3) is 6.86. The summed E-state index contributed by atoms with van der Waals surface area (Å²) in [7, 11) is 1.64. The number of hydrogen-bond acceptors (Lipinski definition) is 4. The van der Waals surface area contributed by atoms with Gasteiger partial charge in [-0.1, -0.05) is 11.6 Å². The lowest BCUT2D eigenvalue weighted by atomic mass is 10.2. The van der Waals surface area contributed by atoms with Crippen LogP contribution in [0.3, 0.4) is 0 Å². The van der Waals surface area contributed by atoms with Crippen molar-refractivity contribution in [3.63, 3.8) is 0 Å². The molecule has 0 aromatic heterocycles. The van der Waals surface area contributed by atoms with E-state index in [-0.39, 0.29) is 12.2 Å². The molecule has 1 rings (SSSR count). The Morgan fingerprint density at radius 3 is 2.41 bits per heavy atom. The molecular weight excluding hydrogens is 302 g/mol. The second-order valence-corrected chi connectivity index (χ2v) is 6.12. The molecule has 0 aliphatic carbocycles. The molecule has 0 heterocycles. The number of hydrogen-bond donors (Lipinski definition) is 1. The third-order valence-electron chi connectivity index (χ3n) is 2.96. The van der Waals surface area contributed by atoms with Crippen molar-refractivity contribution >= 4 is 11.6 Å². The van der Waals surface area contributed by atoms with E-state index in [9.17, 15) is 0 Å². The van der Waals surface area contributed by atoms with Crippen molar-refractivity contribution in [1.29, 1.82) is 0 Å². The average molecular weight is 330 g/mol. The fraction of sp³-hybridized carbons (Fsp3) is 0.647. The molecule has 5 heteroatoms. The summed E-state index contributed by atoms with van der Waals surface area (Å²) in [6, 6.07) is 3.75. The first-order chi connectivity index (χ1) is 10.4. The van der Waals surface area contributed by atoms with Gasteiger partial charge in [0.25, 0.3) is 0 Å². The SMILES string of the molecule is COc1cc(CNCCCOC(C)C)c(Cl)cc1OC(C)C. The number of halogens is 1. The lowest BCUT2D eigenvalue weighted by Gasteiger charge is -2.16. The molecule has 1 N–H and O–H groups in total. The van der Waals surface area contributed by atoms with Crippen LogP contribution in [0, 0.1) is 0 Å². The number of methoxy groups -OCH3 is 1. The zero-order chi connectivity index (χ0) is 16.5. The first-order valence-corrected chi connectivity index (χ1v) is 8.17. The zero-order valence-corrected chi connectivity index (χ0v) is 15.0. The normalized spacial score (nSPS) is 11.3. The summed E-state index contributed by atoms with van der Waals surface area (Å²) >= 11 is 6.32. The third-order valence-corrected chi connectivity index (χ3v) is 3.31. The maximum atomic E-state index is 6.32. The van der Waals surface area contributed by atoms with Crippen LogP contribution in [0.5, 0.6) is 11.5 Å². The van der Waals surface area contributed by atoms with Crippen molar-refractivity contribution in [3.05, 3.63) is 22.7 Å². The monoisotopic (exact) mass is 329 g/mol. The molecule has 0 radical (unpaired) electrons. The van der Waals surface area contributed by atoms with E-state index in [1.165, 1.54) is 0 Å². The fourth-order valence-electron chi connectivity index (χ4n) is 1.96. The van der Waals surface area contributed by atoms with Gasteiger partial charge < -0.3 is 19.5 Å². The topological polar surface area (TPSA) is 39.7 Å². The molecule has 1 aromatic rings. The molecule has 0 saturated carbocycles. The van der Waals surface area contributed by atoms with E-state index in [1.54, 1.807) is 7.11 Å². The van der Waals surface area contributed by atoms with Crippen molar-refractivity contribution in [2.45, 2.75) is 52.9 Å². The minimum absolute atomic E-state index is 0.0786. The van der Waals surface area contributed by atoms with Crippen molar-refractivity contribution in [2.24, 2.45) is 0 Å². The Hall–Kier alpha value is -0.970. The molecule has 0 aliphatic rings. The van der Waals surface area contributed by atoms with E-state index in [0.717, 1.165) is 25.1 Å². The Bertz CT molecular complexity index is 450. The smallest absolute Gasteiger partial charge is 0.163 e. The number of benzene rings is 1. The molecule has 126 valence electrons. The van der Waals surface area contributed by atoms with Gasteiger partial charge in [-0.05, 0) is 52.3 Å². The molecule has 1 aromatic carbocycles. The van der Waals surface area contributed by atoms with Crippen LogP contribution in [0.2, 0.25) is 5.02 Å². The summed E-state index contributed by atoms with van der Waals surface area (Å²) in [5.74, 6) is 1.38. The van der Waals surface area contributed by atoms with Crippen LogP contribution in [-0.4, -0.2) is 32.5 Å². The van der Waals surface area contributed by atoms with E-state index in [0.29, 0.717) is 23.1 Å². The lowest BCUT2D eigenvalue weighted by molar-refractivity contribution is 0.0770. The Labute approximate surface area is 139 Å². The van der Waals surface area contributed by atoms with Crippen molar-refractivity contribution in [3.8, 4) is 11.5 Å². The molecule has 0 fully saturated rings. The average Bonchev–Trinajstić information content (AvgIpc) is 2.43. The number of rotatable bonds is 10. The molecule has 4 nitrogen and oxygen atoms in total. The Balaban J connectivity index is 2.53. The van der Waals surface area contributed by atoms with Gasteiger partial charge in [0.05, 0.1) is 19.3 Å². The van der Waals surface area contributed by atoms with E-state index in [1.807, 2.05) is 39.8 Å². The highest BCUT2D eigenvalue weighted by Crippen LogP contribution is 2.34. The molecule has 22 heavy (non-hydrogen) atoms. The Kier molecular flexibility index (Phi) is 8.61. The summed E-state index contributed by atoms with van der Waals surface area (Å²) in [4.78, 5) is 0. The second kappa shape index (κ2) is 9.93. The van der Waals surface area contributed by atoms with E-state index >= 15 is 0 Å². The maximum absolute atomic E-state index is 6.32. The molecule has 0 atom stereocenters. The van der Waals surface area contributed by atoms with E-state index < -0.39 is 0 Å². The molecule has 0 bridgehead atoms. The van der Waals surface area contributed by atoms with Gasteiger partial charge in [0.2, 0.25) is 0 Å². The second-order valence-electron chi connectivity index (χ2n) is 5.71. The highest BCUT2D eigenvalue weighted by atomic mass is 35.5. The van der Waals surface area contributed by atoms with Gasteiger partial charge in [-0.25, -0.2) is 0 Å². The summed E-state index contributed by atoms with van der Waals surface area (Å²) in [6.07, 6.45) is 1.34. The molecule has 0 aliphatic heterocycles. The summed E-state index contributed by atoms with van der Waals surface area (Å²) < 4.78 is 16.6. The summed E-state index contributed by atoms with van der Waals surface area (Å²) in [6.45, 7) is 10.4. The van der Waals surface area contributed by atoms with Gasteiger partial charge in [-0.15, -0.1) is 0 Å². The van der Waals surface area contributed by atoms with Crippen LogP contribution in [0.4, 0.5) is 0 Å². The zero-order valence-electron chi connectivity index (χ0n) is 14.2. The highest BCUT2D eigenvalue weighted by molar-refractivity contribution is 6.31. The molecule has 0 spiro atoms. The van der Waals surface area contributed by atoms with Crippen LogP contribution >= 0.6 is 11.6 Å². The van der Waals surface area contributed by atoms with Gasteiger partial charge in [-0.3, -0.25) is 0 Å². The predicted molar refractivity (Wildman–Crippen MR) is 91.2 cm³/mol. The van der Waals surface area contributed by atoms with Crippen LogP contribution in [-0.2, 0) is 11.3 Å². The van der Waals surface area contributed by atoms with Crippen LogP contribution in [0.1, 0.15) is 39.7 Å².